The molecule has 0 atom stereocenters. The van der Waals surface area contributed by atoms with Crippen LogP contribution in [0.25, 0.3) is 10.8 Å². The summed E-state index contributed by atoms with van der Waals surface area (Å²) in [6, 6.07) is 9.14. The van der Waals surface area contributed by atoms with Crippen molar-refractivity contribution in [3.63, 3.8) is 0 Å². The molecular weight excluding hydrogens is 535 g/mol. The van der Waals surface area contributed by atoms with Gasteiger partial charge in [-0.15, -0.1) is 0 Å². The van der Waals surface area contributed by atoms with Gasteiger partial charge in [-0.3, -0.25) is 0 Å². The maximum atomic E-state index is 11.6. The van der Waals surface area contributed by atoms with Crippen molar-refractivity contribution >= 4 is 20.9 Å². The molecule has 0 saturated carbocycles. The van der Waals surface area contributed by atoms with E-state index in [1.54, 1.807) is 6.07 Å². The van der Waals surface area contributed by atoms with Crippen LogP contribution in [0.4, 0.5) is 0 Å². The van der Waals surface area contributed by atoms with E-state index in [1.165, 1.54) is 158 Å². The first kappa shape index (κ1) is 38.6. The number of fused-ring (bicyclic) bond motifs is 1. The first-order chi connectivity index (χ1) is 19.5. The summed E-state index contributed by atoms with van der Waals surface area (Å²) in [7, 11) is -4.44. The summed E-state index contributed by atoms with van der Waals surface area (Å²) >= 11 is 0. The zero-order chi connectivity index (χ0) is 28.9. The molecule has 0 bridgehead atoms. The number of benzene rings is 2. The molecule has 0 saturated heterocycles. The average molecular weight is 595 g/mol. The molecule has 3 nitrogen and oxygen atoms in total. The molecule has 2 rings (SSSR count). The van der Waals surface area contributed by atoms with Crippen molar-refractivity contribution in [2.24, 2.45) is 0 Å². The van der Waals surface area contributed by atoms with Crippen molar-refractivity contribution in [1.82, 2.24) is 0 Å². The Labute approximate surface area is 276 Å². The fourth-order valence-electron chi connectivity index (χ4n) is 6.05. The summed E-state index contributed by atoms with van der Waals surface area (Å²) in [5, 5.41) is 2.00. The van der Waals surface area contributed by atoms with Crippen LogP contribution in [-0.4, -0.2) is 13.0 Å². The van der Waals surface area contributed by atoms with E-state index in [4.69, 9.17) is 0 Å². The molecule has 41 heavy (non-hydrogen) atoms. The molecule has 0 unspecified atom stereocenters. The monoisotopic (exact) mass is 594 g/mol. The molecule has 0 aliphatic carbocycles. The number of unbranched alkanes of at least 4 members (excludes halogenated alkanes) is 20. The second kappa shape index (κ2) is 24.0. The van der Waals surface area contributed by atoms with Crippen LogP contribution in [0, 0.1) is 0 Å². The summed E-state index contributed by atoms with van der Waals surface area (Å²) in [4.78, 5) is -0.126. The molecule has 5 heteroatoms. The fourth-order valence-corrected chi connectivity index (χ4v) is 6.55. The predicted octanol–water partition coefficient (Wildman–Crippen LogP) is 8.45. The minimum Gasteiger partial charge on any atom is -0.744 e. The van der Waals surface area contributed by atoms with Crippen LogP contribution in [0.2, 0.25) is 0 Å². The summed E-state index contributed by atoms with van der Waals surface area (Å²) < 4.78 is 34.8. The Morgan fingerprint density at radius 2 is 0.951 bits per heavy atom. The Hall–Kier alpha value is -0.390. The Kier molecular flexibility index (Phi) is 22.6. The molecule has 0 amide bonds. The second-order valence-electron chi connectivity index (χ2n) is 12.1. The van der Waals surface area contributed by atoms with Gasteiger partial charge in [0.15, 0.2) is 0 Å². The van der Waals surface area contributed by atoms with Gasteiger partial charge in [-0.05, 0) is 59.7 Å². The van der Waals surface area contributed by atoms with Crippen molar-refractivity contribution < 1.29 is 42.5 Å². The van der Waals surface area contributed by atoms with E-state index in [2.05, 4.69) is 19.9 Å². The van der Waals surface area contributed by atoms with Crippen molar-refractivity contribution in [1.29, 1.82) is 0 Å². The van der Waals surface area contributed by atoms with Crippen molar-refractivity contribution in [3.05, 3.63) is 41.5 Å². The van der Waals surface area contributed by atoms with Gasteiger partial charge in [0.2, 0.25) is 0 Å². The Balaban J connectivity index is 0.00000840. The van der Waals surface area contributed by atoms with Gasteiger partial charge in [0.1, 0.15) is 10.1 Å². The number of aryl methyl sites for hydroxylation is 2. The molecule has 0 radical (unpaired) electrons. The van der Waals surface area contributed by atoms with E-state index < -0.39 is 10.1 Å². The molecule has 0 N–H and O–H groups in total. The van der Waals surface area contributed by atoms with Crippen LogP contribution in [0.1, 0.15) is 166 Å². The third kappa shape index (κ3) is 16.9. The van der Waals surface area contributed by atoms with Crippen LogP contribution in [-0.2, 0) is 23.0 Å². The molecule has 2 aromatic rings. The molecule has 0 aromatic heterocycles. The SMILES string of the molecule is CCCCCCCCCCCCCc1ccc2cc(S(=O)(=O)[O-])ccc2c1CCCCCCCCCCCCC.[Na+]. The van der Waals surface area contributed by atoms with Gasteiger partial charge in [0.05, 0.1) is 4.90 Å². The minimum atomic E-state index is -4.44. The standard InChI is InChI=1S/C36H60O3S.Na/c1-3-5-7-9-11-13-15-17-19-21-23-25-32-27-28-33-31-34(40(37,38)39)29-30-36(33)35(32)26-24-22-20-18-16-14-12-10-8-6-4-2;/h27-31H,3-26H2,1-2H3,(H,37,38,39);/q;+1/p-1. The topological polar surface area (TPSA) is 57.2 Å². The normalized spacial score (nSPS) is 11.7. The minimum absolute atomic E-state index is 0. The van der Waals surface area contributed by atoms with E-state index in [0.29, 0.717) is 0 Å². The molecule has 2 aromatic carbocycles. The first-order valence-electron chi connectivity index (χ1n) is 17.0. The molecular formula is C36H59NaO3S. The quantitative estimate of drug-likeness (QED) is 0.0658. The second-order valence-corrected chi connectivity index (χ2v) is 13.5. The maximum absolute atomic E-state index is 11.6. The van der Waals surface area contributed by atoms with E-state index in [1.807, 2.05) is 12.1 Å². The molecule has 0 fully saturated rings. The zero-order valence-electron chi connectivity index (χ0n) is 27.0. The maximum Gasteiger partial charge on any atom is 1.00 e. The van der Waals surface area contributed by atoms with E-state index in [0.717, 1.165) is 23.6 Å². The molecule has 0 aliphatic rings. The third-order valence-electron chi connectivity index (χ3n) is 8.57. The Morgan fingerprint density at radius 1 is 0.537 bits per heavy atom. The largest absolute Gasteiger partial charge is 1.00 e. The molecule has 0 heterocycles. The van der Waals surface area contributed by atoms with Crippen LogP contribution in [0.5, 0.6) is 0 Å². The van der Waals surface area contributed by atoms with Gasteiger partial charge in [-0.2, -0.15) is 0 Å². The van der Waals surface area contributed by atoms with E-state index in [9.17, 15) is 13.0 Å². The van der Waals surface area contributed by atoms with Gasteiger partial charge in [-0.1, -0.05) is 160 Å². The van der Waals surface area contributed by atoms with E-state index >= 15 is 0 Å². The summed E-state index contributed by atoms with van der Waals surface area (Å²) in [5.41, 5.74) is 2.78. The summed E-state index contributed by atoms with van der Waals surface area (Å²) in [5.74, 6) is 0. The van der Waals surface area contributed by atoms with Crippen LogP contribution in [0.15, 0.2) is 35.2 Å². The first-order valence-corrected chi connectivity index (χ1v) is 18.4. The Bertz CT molecular complexity index is 1030. The average Bonchev–Trinajstić information content (AvgIpc) is 2.94. The van der Waals surface area contributed by atoms with Crippen LogP contribution >= 0.6 is 0 Å². The van der Waals surface area contributed by atoms with Gasteiger partial charge >= 0.3 is 29.6 Å². The summed E-state index contributed by atoms with van der Waals surface area (Å²) in [6.45, 7) is 4.55. The summed E-state index contributed by atoms with van der Waals surface area (Å²) in [6.07, 6.45) is 31.6. The Morgan fingerprint density at radius 3 is 1.39 bits per heavy atom. The number of hydrogen-bond donors (Lipinski definition) is 0. The third-order valence-corrected chi connectivity index (χ3v) is 9.40. The van der Waals surface area contributed by atoms with Crippen molar-refractivity contribution in [3.8, 4) is 0 Å². The predicted molar refractivity (Wildman–Crippen MR) is 172 cm³/mol. The molecule has 0 spiro atoms. The van der Waals surface area contributed by atoms with Gasteiger partial charge in [-0.25, -0.2) is 8.42 Å². The molecule has 228 valence electrons. The number of hydrogen-bond acceptors (Lipinski definition) is 3. The smallest absolute Gasteiger partial charge is 0.744 e. The van der Waals surface area contributed by atoms with Gasteiger partial charge in [0, 0.05) is 0 Å². The van der Waals surface area contributed by atoms with E-state index in [-0.39, 0.29) is 34.5 Å². The van der Waals surface area contributed by atoms with Crippen molar-refractivity contribution in [2.75, 3.05) is 0 Å². The van der Waals surface area contributed by atoms with Crippen LogP contribution < -0.4 is 29.6 Å². The van der Waals surface area contributed by atoms with Gasteiger partial charge in [0.25, 0.3) is 0 Å². The zero-order valence-corrected chi connectivity index (χ0v) is 29.8. The van der Waals surface area contributed by atoms with Gasteiger partial charge < -0.3 is 4.55 Å². The fraction of sp³-hybridized carbons (Fsp3) is 0.722. The molecule has 0 aliphatic heterocycles. The van der Waals surface area contributed by atoms with Crippen molar-refractivity contribution in [2.45, 2.75) is 173 Å². The van der Waals surface area contributed by atoms with Crippen LogP contribution in [0.3, 0.4) is 0 Å². The number of rotatable bonds is 25.